The molecule has 6 rings (SSSR count). The summed E-state index contributed by atoms with van der Waals surface area (Å²) in [5.74, 6) is 2.05. The van der Waals surface area contributed by atoms with Crippen molar-refractivity contribution in [3.8, 4) is 11.5 Å². The summed E-state index contributed by atoms with van der Waals surface area (Å²) >= 11 is 0. The predicted molar refractivity (Wildman–Crippen MR) is 139 cm³/mol. The zero-order chi connectivity index (χ0) is 25.9. The van der Waals surface area contributed by atoms with E-state index in [-0.39, 0.29) is 29.4 Å². The molecule has 2 aliphatic heterocycles. The molecule has 0 radical (unpaired) electrons. The van der Waals surface area contributed by atoms with Gasteiger partial charge in [0.25, 0.3) is 0 Å². The highest BCUT2D eigenvalue weighted by Crippen LogP contribution is 2.63. The van der Waals surface area contributed by atoms with E-state index < -0.39 is 0 Å². The molecule has 1 saturated heterocycles. The van der Waals surface area contributed by atoms with Crippen LogP contribution in [0, 0.1) is 11.8 Å². The maximum atomic E-state index is 13.7. The van der Waals surface area contributed by atoms with Crippen molar-refractivity contribution in [1.29, 1.82) is 0 Å². The molecule has 3 heterocycles. The van der Waals surface area contributed by atoms with Crippen LogP contribution in [0.4, 0.5) is 0 Å². The molecular weight excluding hydrogens is 468 g/mol. The van der Waals surface area contributed by atoms with Crippen molar-refractivity contribution in [2.45, 2.75) is 70.1 Å². The van der Waals surface area contributed by atoms with Gasteiger partial charge in [-0.25, -0.2) is 0 Å². The van der Waals surface area contributed by atoms with Gasteiger partial charge in [-0.05, 0) is 75.4 Å². The maximum absolute atomic E-state index is 13.7. The van der Waals surface area contributed by atoms with Crippen LogP contribution in [0.5, 0.6) is 11.5 Å². The van der Waals surface area contributed by atoms with E-state index in [4.69, 9.17) is 13.9 Å². The van der Waals surface area contributed by atoms with E-state index in [2.05, 4.69) is 30.7 Å². The van der Waals surface area contributed by atoms with E-state index in [1.165, 1.54) is 12.5 Å². The van der Waals surface area contributed by atoms with Gasteiger partial charge in [-0.15, -0.1) is 0 Å². The van der Waals surface area contributed by atoms with Crippen LogP contribution in [0.25, 0.3) is 6.08 Å². The number of carbonyl (C=O) groups excluding carboxylic acids is 2. The Morgan fingerprint density at radius 2 is 2.11 bits per heavy atom. The molecule has 7 nitrogen and oxygen atoms in total. The van der Waals surface area contributed by atoms with Crippen LogP contribution in [-0.2, 0) is 21.4 Å². The highest BCUT2D eigenvalue weighted by molar-refractivity contribution is 5.92. The Morgan fingerprint density at radius 3 is 2.84 bits per heavy atom. The molecule has 1 spiro atoms. The Hall–Kier alpha value is -3.06. The molecule has 7 heteroatoms. The van der Waals surface area contributed by atoms with E-state index in [9.17, 15) is 9.59 Å². The van der Waals surface area contributed by atoms with Gasteiger partial charge in [-0.3, -0.25) is 9.59 Å². The molecule has 2 bridgehead atoms. The Labute approximate surface area is 218 Å². The number of benzene rings is 1. The molecule has 4 aliphatic rings. The highest BCUT2D eigenvalue weighted by Gasteiger charge is 2.66. The minimum Gasteiger partial charge on any atom is -0.487 e. The maximum Gasteiger partial charge on any atom is 0.308 e. The number of rotatable bonds is 6. The topological polar surface area (TPSA) is 72.2 Å². The number of likely N-dealkylation sites (tertiary alicyclic amines) is 1. The quantitative estimate of drug-likeness (QED) is 0.329. The first-order valence-electron chi connectivity index (χ1n) is 13.5. The molecule has 1 saturated carbocycles. The lowest BCUT2D eigenvalue weighted by atomic mass is 9.51. The largest absolute Gasteiger partial charge is 0.487 e. The molecule has 37 heavy (non-hydrogen) atoms. The van der Waals surface area contributed by atoms with Crippen molar-refractivity contribution in [2.75, 3.05) is 20.1 Å². The SMILES string of the molecule is CC(=O)Oc1ccc2c3c1C[C@@H]1[C@@H]4CC[C@H](N(CC(C)C)C(=O)C=Cc5ccoc5)[C@@H](O2)[C@]34CCN1C. The van der Waals surface area contributed by atoms with Crippen LogP contribution < -0.4 is 9.47 Å². The molecule has 2 aromatic rings. The smallest absolute Gasteiger partial charge is 0.308 e. The molecular formula is C30H36N2O5. The number of likely N-dealkylation sites (N-methyl/N-ethyl adjacent to an activating group) is 1. The summed E-state index contributed by atoms with van der Waals surface area (Å²) in [6.45, 7) is 7.43. The van der Waals surface area contributed by atoms with Crippen molar-refractivity contribution in [1.82, 2.24) is 9.80 Å². The summed E-state index contributed by atoms with van der Waals surface area (Å²) in [5.41, 5.74) is 3.05. The van der Waals surface area contributed by atoms with Crippen LogP contribution in [-0.4, -0.2) is 60.0 Å². The fourth-order valence-corrected chi connectivity index (χ4v) is 7.70. The fraction of sp³-hybridized carbons (Fsp3) is 0.533. The average Bonchev–Trinajstić information content (AvgIpc) is 3.49. The second kappa shape index (κ2) is 9.05. The summed E-state index contributed by atoms with van der Waals surface area (Å²) in [4.78, 5) is 30.1. The first-order valence-corrected chi connectivity index (χ1v) is 13.5. The number of hydrogen-bond donors (Lipinski definition) is 0. The molecule has 0 N–H and O–H groups in total. The Kier molecular flexibility index (Phi) is 5.94. The van der Waals surface area contributed by atoms with Crippen LogP contribution in [0.3, 0.4) is 0 Å². The molecule has 0 unspecified atom stereocenters. The van der Waals surface area contributed by atoms with Gasteiger partial charge in [-0.2, -0.15) is 0 Å². The molecule has 1 amide bonds. The Bertz CT molecular complexity index is 1230. The summed E-state index contributed by atoms with van der Waals surface area (Å²) < 4.78 is 17.7. The number of amides is 1. The van der Waals surface area contributed by atoms with Crippen LogP contribution in [0.2, 0.25) is 0 Å². The Balaban J connectivity index is 1.42. The van der Waals surface area contributed by atoms with Gasteiger partial charge in [0, 0.05) is 47.7 Å². The zero-order valence-corrected chi connectivity index (χ0v) is 22.1. The van der Waals surface area contributed by atoms with Crippen molar-refractivity contribution in [3.05, 3.63) is 53.5 Å². The average molecular weight is 505 g/mol. The molecule has 2 aliphatic carbocycles. The lowest BCUT2D eigenvalue weighted by Crippen LogP contribution is -2.68. The standard InChI is InChI=1S/C30H36N2O5/c1-18(2)16-32(27(34)10-5-20-11-14-35-17-20)23-7-6-22-24-15-21-25(36-19(3)33)8-9-26-28(21)30(22,29(23)37-26)12-13-31(24)4/h5,8-11,14,17-18,22-24,29H,6-7,12-13,15-16H2,1-4H3/t22-,23-,24+,29+,30-/m0/s1. The van der Waals surface area contributed by atoms with Gasteiger partial charge in [-0.1, -0.05) is 13.8 Å². The van der Waals surface area contributed by atoms with Gasteiger partial charge in [0.1, 0.15) is 17.6 Å². The summed E-state index contributed by atoms with van der Waals surface area (Å²) in [7, 11) is 2.21. The number of carbonyl (C=O) groups is 2. The van der Waals surface area contributed by atoms with Crippen LogP contribution in [0.15, 0.2) is 41.2 Å². The third-order valence-electron chi connectivity index (χ3n) is 9.03. The third kappa shape index (κ3) is 3.81. The van der Waals surface area contributed by atoms with Gasteiger partial charge < -0.3 is 23.7 Å². The van der Waals surface area contributed by atoms with Crippen LogP contribution >= 0.6 is 0 Å². The predicted octanol–water partition coefficient (Wildman–Crippen LogP) is 4.44. The molecule has 1 aromatic carbocycles. The number of nitrogens with zero attached hydrogens (tertiary/aromatic N) is 2. The molecule has 196 valence electrons. The summed E-state index contributed by atoms with van der Waals surface area (Å²) in [6, 6.07) is 6.05. The van der Waals surface area contributed by atoms with Crippen molar-refractivity contribution >= 4 is 18.0 Å². The van der Waals surface area contributed by atoms with Gasteiger partial charge >= 0.3 is 5.97 Å². The minimum atomic E-state index is -0.301. The zero-order valence-electron chi connectivity index (χ0n) is 22.1. The molecule has 2 fully saturated rings. The molecule has 5 atom stereocenters. The van der Waals surface area contributed by atoms with Gasteiger partial charge in [0.05, 0.1) is 18.6 Å². The molecule has 1 aromatic heterocycles. The second-order valence-electron chi connectivity index (χ2n) is 11.6. The fourth-order valence-electron chi connectivity index (χ4n) is 7.70. The van der Waals surface area contributed by atoms with E-state index in [1.807, 2.05) is 24.3 Å². The second-order valence-corrected chi connectivity index (χ2v) is 11.6. The first kappa shape index (κ1) is 24.3. The van der Waals surface area contributed by atoms with Gasteiger partial charge in [0.2, 0.25) is 5.91 Å². The van der Waals surface area contributed by atoms with Crippen molar-refractivity contribution in [3.63, 3.8) is 0 Å². The number of ether oxygens (including phenoxy) is 2. The summed E-state index contributed by atoms with van der Waals surface area (Å²) in [6.07, 6.45) is 10.4. The van der Waals surface area contributed by atoms with Crippen LogP contribution in [0.1, 0.15) is 56.7 Å². The van der Waals surface area contributed by atoms with E-state index >= 15 is 0 Å². The summed E-state index contributed by atoms with van der Waals surface area (Å²) in [5, 5.41) is 0. The number of furan rings is 1. The lowest BCUT2D eigenvalue weighted by Gasteiger charge is -2.60. The Morgan fingerprint density at radius 1 is 1.27 bits per heavy atom. The first-order chi connectivity index (χ1) is 17.8. The van der Waals surface area contributed by atoms with E-state index in [0.717, 1.165) is 49.1 Å². The number of piperidine rings is 1. The van der Waals surface area contributed by atoms with Gasteiger partial charge in [0.15, 0.2) is 0 Å². The monoisotopic (exact) mass is 504 g/mol. The minimum absolute atomic E-state index is 0.00965. The number of hydrogen-bond acceptors (Lipinski definition) is 6. The third-order valence-corrected chi connectivity index (χ3v) is 9.03. The lowest BCUT2D eigenvalue weighted by molar-refractivity contribution is -0.138. The highest BCUT2D eigenvalue weighted by atomic mass is 16.5. The number of esters is 1. The normalized spacial score (nSPS) is 29.8. The van der Waals surface area contributed by atoms with E-state index in [0.29, 0.717) is 30.2 Å². The van der Waals surface area contributed by atoms with E-state index in [1.54, 1.807) is 18.6 Å². The van der Waals surface area contributed by atoms with Crippen molar-refractivity contribution in [2.24, 2.45) is 11.8 Å². The van der Waals surface area contributed by atoms with Crippen molar-refractivity contribution < 1.29 is 23.5 Å².